The number of carbonyl (C=O) groups excluding carboxylic acids is 1. The van der Waals surface area contributed by atoms with Gasteiger partial charge in [-0.15, -0.1) is 0 Å². The first-order valence-electron chi connectivity index (χ1n) is 8.57. The second-order valence-electron chi connectivity index (χ2n) is 6.44. The number of fused-ring (bicyclic) bond motifs is 1. The summed E-state index contributed by atoms with van der Waals surface area (Å²) in [6, 6.07) is 7.73. The Hall–Kier alpha value is -2.60. The molecule has 0 bridgehead atoms. The van der Waals surface area contributed by atoms with E-state index in [2.05, 4.69) is 9.88 Å². The number of piperidine rings is 1. The van der Waals surface area contributed by atoms with E-state index >= 15 is 0 Å². The molecule has 1 aliphatic rings. The van der Waals surface area contributed by atoms with E-state index in [1.807, 2.05) is 35.0 Å². The summed E-state index contributed by atoms with van der Waals surface area (Å²) in [7, 11) is 1.44. The van der Waals surface area contributed by atoms with Gasteiger partial charge in [0.05, 0.1) is 30.6 Å². The topological polar surface area (TPSA) is 60.2 Å². The number of carbonyl (C=O) groups is 1. The average molecular weight is 371 g/mol. The molecular formula is C19H19ClN4O2. The lowest BCUT2D eigenvalue weighted by Gasteiger charge is -2.32. The largest absolute Gasteiger partial charge is 0.469 e. The normalized spacial score (nSPS) is 17.5. The van der Waals surface area contributed by atoms with Gasteiger partial charge in [-0.05, 0) is 31.0 Å². The van der Waals surface area contributed by atoms with Crippen molar-refractivity contribution in [3.8, 4) is 5.69 Å². The zero-order chi connectivity index (χ0) is 18.1. The number of pyridine rings is 1. The van der Waals surface area contributed by atoms with Crippen LogP contribution in [-0.2, 0) is 9.53 Å². The van der Waals surface area contributed by atoms with Crippen LogP contribution >= 0.6 is 11.6 Å². The third-order valence-corrected chi connectivity index (χ3v) is 5.03. The molecule has 3 aromatic rings. The van der Waals surface area contributed by atoms with Crippen LogP contribution in [0.3, 0.4) is 0 Å². The smallest absolute Gasteiger partial charge is 0.310 e. The standard InChI is InChI=1S/C19H19ClN4O2/c1-26-19(25)13-3-2-7-23(11-13)18-10-17(24-8-6-21-12-24)15-5-4-14(20)9-16(15)22-18/h4-6,8-10,12-13H,2-3,7,11H2,1H3/t13-/m0/s1. The highest BCUT2D eigenvalue weighted by Gasteiger charge is 2.27. The number of aromatic nitrogens is 3. The lowest BCUT2D eigenvalue weighted by Crippen LogP contribution is -2.39. The number of methoxy groups -OCH3 is 1. The van der Waals surface area contributed by atoms with Crippen molar-refractivity contribution in [1.29, 1.82) is 0 Å². The number of hydrogen-bond acceptors (Lipinski definition) is 5. The van der Waals surface area contributed by atoms with Crippen molar-refractivity contribution in [2.24, 2.45) is 5.92 Å². The minimum Gasteiger partial charge on any atom is -0.469 e. The van der Waals surface area contributed by atoms with E-state index in [1.54, 1.807) is 12.5 Å². The second-order valence-corrected chi connectivity index (χ2v) is 6.88. The van der Waals surface area contributed by atoms with Crippen LogP contribution in [0.2, 0.25) is 5.02 Å². The molecule has 1 saturated heterocycles. The van der Waals surface area contributed by atoms with Crippen molar-refractivity contribution >= 4 is 34.3 Å². The molecule has 6 nitrogen and oxygen atoms in total. The highest BCUT2D eigenvalue weighted by atomic mass is 35.5. The summed E-state index contributed by atoms with van der Waals surface area (Å²) in [6.45, 7) is 1.46. The monoisotopic (exact) mass is 370 g/mol. The first-order chi connectivity index (χ1) is 12.7. The van der Waals surface area contributed by atoms with Crippen molar-refractivity contribution < 1.29 is 9.53 Å². The molecule has 26 heavy (non-hydrogen) atoms. The Balaban J connectivity index is 1.79. The summed E-state index contributed by atoms with van der Waals surface area (Å²) in [5.41, 5.74) is 1.80. The molecule has 0 aliphatic carbocycles. The lowest BCUT2D eigenvalue weighted by atomic mass is 9.98. The van der Waals surface area contributed by atoms with Crippen LogP contribution < -0.4 is 4.90 Å². The van der Waals surface area contributed by atoms with E-state index in [4.69, 9.17) is 21.3 Å². The molecule has 2 aromatic heterocycles. The van der Waals surface area contributed by atoms with Crippen molar-refractivity contribution in [2.45, 2.75) is 12.8 Å². The molecule has 1 aliphatic heterocycles. The minimum absolute atomic E-state index is 0.123. The number of imidazole rings is 1. The fraction of sp³-hybridized carbons (Fsp3) is 0.316. The van der Waals surface area contributed by atoms with Gasteiger partial charge in [0.25, 0.3) is 0 Å². The van der Waals surface area contributed by atoms with Crippen LogP contribution in [0.25, 0.3) is 16.6 Å². The van der Waals surface area contributed by atoms with E-state index in [1.165, 1.54) is 7.11 Å². The molecule has 1 fully saturated rings. The summed E-state index contributed by atoms with van der Waals surface area (Å²) in [6.07, 6.45) is 7.18. The number of hydrogen-bond donors (Lipinski definition) is 0. The van der Waals surface area contributed by atoms with Crippen molar-refractivity contribution in [1.82, 2.24) is 14.5 Å². The zero-order valence-electron chi connectivity index (χ0n) is 14.4. The SMILES string of the molecule is COC(=O)[C@H]1CCCN(c2cc(-n3ccnc3)c3ccc(Cl)cc3n2)C1. The quantitative estimate of drug-likeness (QED) is 0.661. The molecule has 1 aromatic carbocycles. The number of rotatable bonds is 3. The number of esters is 1. The summed E-state index contributed by atoms with van der Waals surface area (Å²) >= 11 is 6.18. The maximum atomic E-state index is 12.0. The fourth-order valence-electron chi connectivity index (χ4n) is 3.49. The molecule has 0 amide bonds. The molecule has 1 atom stereocenters. The molecule has 7 heteroatoms. The fourth-order valence-corrected chi connectivity index (χ4v) is 3.66. The first-order valence-corrected chi connectivity index (χ1v) is 8.95. The Bertz CT molecular complexity index is 942. The molecular weight excluding hydrogens is 352 g/mol. The Morgan fingerprint density at radius 1 is 1.35 bits per heavy atom. The van der Waals surface area contributed by atoms with Crippen LogP contribution in [-0.4, -0.2) is 40.7 Å². The maximum absolute atomic E-state index is 12.0. The summed E-state index contributed by atoms with van der Waals surface area (Å²) in [4.78, 5) is 23.1. The van der Waals surface area contributed by atoms with Crippen LogP contribution in [0.1, 0.15) is 12.8 Å². The molecule has 0 saturated carbocycles. The Kier molecular flexibility index (Phi) is 4.51. The van der Waals surface area contributed by atoms with Gasteiger partial charge in [0.1, 0.15) is 5.82 Å². The van der Waals surface area contributed by atoms with Crippen molar-refractivity contribution in [3.05, 3.63) is 48.0 Å². The van der Waals surface area contributed by atoms with Gasteiger partial charge in [-0.3, -0.25) is 4.79 Å². The Morgan fingerprint density at radius 2 is 2.23 bits per heavy atom. The number of anilines is 1. The maximum Gasteiger partial charge on any atom is 0.310 e. The van der Waals surface area contributed by atoms with E-state index in [0.717, 1.165) is 41.8 Å². The van der Waals surface area contributed by atoms with Crippen LogP contribution in [0.4, 0.5) is 5.82 Å². The molecule has 0 radical (unpaired) electrons. The van der Waals surface area contributed by atoms with Gasteiger partial charge in [-0.1, -0.05) is 11.6 Å². The number of nitrogens with zero attached hydrogens (tertiary/aromatic N) is 4. The van der Waals surface area contributed by atoms with Crippen molar-refractivity contribution in [3.63, 3.8) is 0 Å². The summed E-state index contributed by atoms with van der Waals surface area (Å²) in [5.74, 6) is 0.549. The highest BCUT2D eigenvalue weighted by Crippen LogP contribution is 2.30. The predicted molar refractivity (Wildman–Crippen MR) is 101 cm³/mol. The van der Waals surface area contributed by atoms with E-state index in [-0.39, 0.29) is 11.9 Å². The summed E-state index contributed by atoms with van der Waals surface area (Å²) in [5, 5.41) is 1.64. The minimum atomic E-state index is -0.159. The third-order valence-electron chi connectivity index (χ3n) is 4.80. The van der Waals surface area contributed by atoms with Gasteiger partial charge in [-0.25, -0.2) is 9.97 Å². The van der Waals surface area contributed by atoms with Crippen LogP contribution in [0, 0.1) is 5.92 Å². The molecule has 0 N–H and O–H groups in total. The molecule has 134 valence electrons. The first kappa shape index (κ1) is 16.8. The predicted octanol–water partition coefficient (Wildman–Crippen LogP) is 3.46. The van der Waals surface area contributed by atoms with Gasteiger partial charge < -0.3 is 14.2 Å². The molecule has 0 spiro atoms. The number of benzene rings is 1. The highest BCUT2D eigenvalue weighted by molar-refractivity contribution is 6.31. The zero-order valence-corrected chi connectivity index (χ0v) is 15.2. The van der Waals surface area contributed by atoms with Gasteiger partial charge in [0, 0.05) is 42.0 Å². The number of ether oxygens (including phenoxy) is 1. The van der Waals surface area contributed by atoms with Gasteiger partial charge in [0.2, 0.25) is 0 Å². The molecule has 4 rings (SSSR count). The molecule has 0 unspecified atom stereocenters. The Labute approximate surface area is 156 Å². The van der Waals surface area contributed by atoms with E-state index < -0.39 is 0 Å². The molecule has 3 heterocycles. The van der Waals surface area contributed by atoms with Crippen LogP contribution in [0.5, 0.6) is 0 Å². The third kappa shape index (κ3) is 3.12. The van der Waals surface area contributed by atoms with Crippen LogP contribution in [0.15, 0.2) is 43.0 Å². The van der Waals surface area contributed by atoms with E-state index in [9.17, 15) is 4.79 Å². The van der Waals surface area contributed by atoms with Gasteiger partial charge in [-0.2, -0.15) is 0 Å². The van der Waals surface area contributed by atoms with Gasteiger partial charge >= 0.3 is 5.97 Å². The van der Waals surface area contributed by atoms with E-state index in [0.29, 0.717) is 11.6 Å². The lowest BCUT2D eigenvalue weighted by molar-refractivity contribution is -0.145. The second kappa shape index (κ2) is 6.96. The van der Waals surface area contributed by atoms with Crippen molar-refractivity contribution in [2.75, 3.05) is 25.1 Å². The Morgan fingerprint density at radius 3 is 3.00 bits per heavy atom. The number of halogens is 1. The average Bonchev–Trinajstić information content (AvgIpc) is 3.21. The van der Waals surface area contributed by atoms with Gasteiger partial charge in [0.15, 0.2) is 0 Å². The summed E-state index contributed by atoms with van der Waals surface area (Å²) < 4.78 is 6.89.